The molecule has 50 valence electrons. The predicted octanol–water partition coefficient (Wildman–Crippen LogP) is 1.79. The molecule has 0 saturated heterocycles. The highest BCUT2D eigenvalue weighted by molar-refractivity contribution is 9.09. The molecule has 0 aromatic carbocycles. The van der Waals surface area contributed by atoms with Gasteiger partial charge in [-0.25, -0.2) is 0 Å². The standard InChI is InChI=1S/C6H13BrO/c1-5(3-4-7)6(2)8/h5-6,8H,3-4H2,1-2H3. The van der Waals surface area contributed by atoms with Crippen LogP contribution in [0.1, 0.15) is 20.3 Å². The van der Waals surface area contributed by atoms with E-state index in [9.17, 15) is 0 Å². The zero-order chi connectivity index (χ0) is 6.57. The van der Waals surface area contributed by atoms with E-state index < -0.39 is 0 Å². The summed E-state index contributed by atoms with van der Waals surface area (Å²) in [6.07, 6.45) is 0.894. The quantitative estimate of drug-likeness (QED) is 0.658. The maximum Gasteiger partial charge on any atom is 0.0537 e. The second-order valence-corrected chi connectivity index (χ2v) is 2.99. The van der Waals surface area contributed by atoms with E-state index in [1.165, 1.54) is 0 Å². The fourth-order valence-electron chi connectivity index (χ4n) is 0.413. The van der Waals surface area contributed by atoms with Crippen molar-refractivity contribution in [1.82, 2.24) is 0 Å². The Bertz CT molecular complexity index is 54.5. The number of aliphatic hydroxyl groups is 1. The summed E-state index contributed by atoms with van der Waals surface area (Å²) in [6, 6.07) is 0. The maximum atomic E-state index is 8.93. The molecular weight excluding hydrogens is 168 g/mol. The first-order valence-electron chi connectivity index (χ1n) is 2.92. The lowest BCUT2D eigenvalue weighted by atomic mass is 10.0. The van der Waals surface area contributed by atoms with Crippen LogP contribution in [0.3, 0.4) is 0 Å². The number of hydrogen-bond donors (Lipinski definition) is 1. The molecular formula is C6H13BrO. The molecule has 0 aliphatic carbocycles. The largest absolute Gasteiger partial charge is 0.393 e. The third-order valence-electron chi connectivity index (χ3n) is 1.39. The van der Waals surface area contributed by atoms with Gasteiger partial charge >= 0.3 is 0 Å². The van der Waals surface area contributed by atoms with Crippen LogP contribution >= 0.6 is 15.9 Å². The lowest BCUT2D eigenvalue weighted by Crippen LogP contribution is -2.12. The summed E-state index contributed by atoms with van der Waals surface area (Å²) in [6.45, 7) is 3.87. The van der Waals surface area contributed by atoms with Crippen LogP contribution in [0.5, 0.6) is 0 Å². The number of hydrogen-bond acceptors (Lipinski definition) is 1. The molecule has 0 spiro atoms. The van der Waals surface area contributed by atoms with Gasteiger partial charge in [0.05, 0.1) is 6.10 Å². The zero-order valence-corrected chi connectivity index (χ0v) is 6.98. The van der Waals surface area contributed by atoms with Crippen LogP contribution in [0.15, 0.2) is 0 Å². The van der Waals surface area contributed by atoms with E-state index in [1.54, 1.807) is 0 Å². The smallest absolute Gasteiger partial charge is 0.0537 e. The monoisotopic (exact) mass is 180 g/mol. The Morgan fingerprint density at radius 1 is 1.50 bits per heavy atom. The summed E-state index contributed by atoms with van der Waals surface area (Å²) in [7, 11) is 0. The highest BCUT2D eigenvalue weighted by Gasteiger charge is 2.05. The molecule has 8 heavy (non-hydrogen) atoms. The lowest BCUT2D eigenvalue weighted by Gasteiger charge is -2.11. The number of halogens is 1. The maximum absolute atomic E-state index is 8.93. The van der Waals surface area contributed by atoms with Gasteiger partial charge in [0.2, 0.25) is 0 Å². The third kappa shape index (κ3) is 3.44. The van der Waals surface area contributed by atoms with Gasteiger partial charge < -0.3 is 5.11 Å². The molecule has 2 unspecified atom stereocenters. The van der Waals surface area contributed by atoms with Crippen LogP contribution in [-0.2, 0) is 0 Å². The Morgan fingerprint density at radius 3 is 2.12 bits per heavy atom. The predicted molar refractivity (Wildman–Crippen MR) is 39.3 cm³/mol. The third-order valence-corrected chi connectivity index (χ3v) is 1.85. The first kappa shape index (κ1) is 8.44. The molecule has 0 aromatic rings. The average molecular weight is 181 g/mol. The molecule has 0 heterocycles. The minimum atomic E-state index is -0.160. The summed E-state index contributed by atoms with van der Waals surface area (Å²) in [5.74, 6) is 0.425. The van der Waals surface area contributed by atoms with Crippen LogP contribution in [0, 0.1) is 5.92 Å². The van der Waals surface area contributed by atoms with Gasteiger partial charge in [0.1, 0.15) is 0 Å². The van der Waals surface area contributed by atoms with Crippen LogP contribution in [-0.4, -0.2) is 16.5 Å². The molecule has 0 amide bonds. The van der Waals surface area contributed by atoms with Crippen LogP contribution < -0.4 is 0 Å². The number of alkyl halides is 1. The summed E-state index contributed by atoms with van der Waals surface area (Å²) < 4.78 is 0. The second-order valence-electron chi connectivity index (χ2n) is 2.20. The van der Waals surface area contributed by atoms with Crippen molar-refractivity contribution in [3.63, 3.8) is 0 Å². The molecule has 0 aromatic heterocycles. The highest BCUT2D eigenvalue weighted by atomic mass is 79.9. The van der Waals surface area contributed by atoms with E-state index in [0.717, 1.165) is 11.8 Å². The van der Waals surface area contributed by atoms with E-state index in [4.69, 9.17) is 5.11 Å². The lowest BCUT2D eigenvalue weighted by molar-refractivity contribution is 0.134. The minimum absolute atomic E-state index is 0.160. The average Bonchev–Trinajstić information content (AvgIpc) is 1.67. The Hall–Kier alpha value is 0.440. The summed E-state index contributed by atoms with van der Waals surface area (Å²) in [4.78, 5) is 0. The Labute approximate surface area is 59.2 Å². The molecule has 0 radical (unpaired) electrons. The molecule has 2 atom stereocenters. The van der Waals surface area contributed by atoms with E-state index in [2.05, 4.69) is 15.9 Å². The van der Waals surface area contributed by atoms with Crippen molar-refractivity contribution in [2.45, 2.75) is 26.4 Å². The fourth-order valence-corrected chi connectivity index (χ4v) is 1.14. The SMILES string of the molecule is CC(O)C(C)CCBr. The topological polar surface area (TPSA) is 20.2 Å². The molecule has 1 N–H and O–H groups in total. The summed E-state index contributed by atoms with van der Waals surface area (Å²) >= 11 is 3.31. The molecule has 0 bridgehead atoms. The van der Waals surface area contributed by atoms with Gasteiger partial charge in [-0.05, 0) is 19.3 Å². The van der Waals surface area contributed by atoms with Gasteiger partial charge in [0, 0.05) is 5.33 Å². The van der Waals surface area contributed by atoms with Crippen molar-refractivity contribution >= 4 is 15.9 Å². The van der Waals surface area contributed by atoms with Gasteiger partial charge in [-0.3, -0.25) is 0 Å². The van der Waals surface area contributed by atoms with Crippen molar-refractivity contribution < 1.29 is 5.11 Å². The van der Waals surface area contributed by atoms with E-state index in [1.807, 2.05) is 13.8 Å². The first-order valence-corrected chi connectivity index (χ1v) is 4.04. The molecule has 0 fully saturated rings. The van der Waals surface area contributed by atoms with Crippen molar-refractivity contribution in [3.05, 3.63) is 0 Å². The van der Waals surface area contributed by atoms with Gasteiger partial charge in [-0.1, -0.05) is 22.9 Å². The molecule has 0 rings (SSSR count). The molecule has 0 saturated carbocycles. The molecule has 0 aliphatic rings. The van der Waals surface area contributed by atoms with Gasteiger partial charge in [-0.15, -0.1) is 0 Å². The normalized spacial score (nSPS) is 18.0. The van der Waals surface area contributed by atoms with Crippen LogP contribution in [0.4, 0.5) is 0 Å². The zero-order valence-electron chi connectivity index (χ0n) is 5.39. The molecule has 1 nitrogen and oxygen atoms in total. The van der Waals surface area contributed by atoms with Gasteiger partial charge in [0.15, 0.2) is 0 Å². The van der Waals surface area contributed by atoms with E-state index in [-0.39, 0.29) is 6.10 Å². The van der Waals surface area contributed by atoms with Crippen LogP contribution in [0.25, 0.3) is 0 Å². The number of rotatable bonds is 3. The summed E-state index contributed by atoms with van der Waals surface area (Å²) in [5.41, 5.74) is 0. The van der Waals surface area contributed by atoms with Crippen LogP contribution in [0.2, 0.25) is 0 Å². The fraction of sp³-hybridized carbons (Fsp3) is 1.00. The molecule has 0 aliphatic heterocycles. The Kier molecular flexibility index (Phi) is 4.57. The number of aliphatic hydroxyl groups excluding tert-OH is 1. The Morgan fingerprint density at radius 2 is 2.00 bits per heavy atom. The summed E-state index contributed by atoms with van der Waals surface area (Å²) in [5, 5.41) is 9.92. The van der Waals surface area contributed by atoms with Crippen molar-refractivity contribution in [1.29, 1.82) is 0 Å². The van der Waals surface area contributed by atoms with Gasteiger partial charge in [0.25, 0.3) is 0 Å². The second kappa shape index (κ2) is 4.33. The van der Waals surface area contributed by atoms with Crippen molar-refractivity contribution in [2.24, 2.45) is 5.92 Å². The Balaban J connectivity index is 3.17. The van der Waals surface area contributed by atoms with Crippen molar-refractivity contribution in [2.75, 3.05) is 5.33 Å². The first-order chi connectivity index (χ1) is 3.68. The minimum Gasteiger partial charge on any atom is -0.393 e. The highest BCUT2D eigenvalue weighted by Crippen LogP contribution is 2.08. The van der Waals surface area contributed by atoms with Gasteiger partial charge in [-0.2, -0.15) is 0 Å². The van der Waals surface area contributed by atoms with E-state index in [0.29, 0.717) is 5.92 Å². The molecule has 2 heteroatoms. The van der Waals surface area contributed by atoms with E-state index >= 15 is 0 Å². The van der Waals surface area contributed by atoms with Crippen molar-refractivity contribution in [3.8, 4) is 0 Å².